The van der Waals surface area contributed by atoms with Crippen LogP contribution in [0.25, 0.3) is 0 Å². The highest BCUT2D eigenvalue weighted by molar-refractivity contribution is 5.89. The predicted molar refractivity (Wildman–Crippen MR) is 102 cm³/mol. The number of nitrogens with zero attached hydrogens (tertiary/aromatic N) is 1. The first-order valence-corrected chi connectivity index (χ1v) is 8.49. The quantitative estimate of drug-likeness (QED) is 0.454. The normalized spacial score (nSPS) is 11.0. The number of guanidine groups is 1. The number of carbonyl (C=O) groups excluding carboxylic acids is 1. The van der Waals surface area contributed by atoms with Crippen LogP contribution in [0.15, 0.2) is 53.5 Å². The molecule has 0 aliphatic carbocycles. The second-order valence-electron chi connectivity index (χ2n) is 5.55. The molecule has 0 saturated carbocycles. The van der Waals surface area contributed by atoms with Crippen molar-refractivity contribution < 1.29 is 14.3 Å². The molecule has 0 aliphatic rings. The van der Waals surface area contributed by atoms with Gasteiger partial charge in [0, 0.05) is 20.1 Å². The highest BCUT2D eigenvalue weighted by atomic mass is 16.5. The van der Waals surface area contributed by atoms with E-state index in [1.165, 1.54) is 0 Å². The number of ether oxygens (including phenoxy) is 2. The highest BCUT2D eigenvalue weighted by Crippen LogP contribution is 2.12. The van der Waals surface area contributed by atoms with E-state index < -0.39 is 0 Å². The summed E-state index contributed by atoms with van der Waals surface area (Å²) in [6, 6.07) is 15.2. The topological polar surface area (TPSA) is 72.0 Å². The lowest BCUT2D eigenvalue weighted by Gasteiger charge is -2.13. The molecule has 0 saturated heterocycles. The molecule has 2 rings (SSSR count). The van der Waals surface area contributed by atoms with Crippen molar-refractivity contribution in [3.8, 4) is 5.75 Å². The summed E-state index contributed by atoms with van der Waals surface area (Å²) in [7, 11) is 3.38. The van der Waals surface area contributed by atoms with Crippen LogP contribution < -0.4 is 15.4 Å². The van der Waals surface area contributed by atoms with Crippen molar-refractivity contribution in [1.29, 1.82) is 0 Å². The van der Waals surface area contributed by atoms with Crippen molar-refractivity contribution in [2.75, 3.05) is 20.8 Å². The third-order valence-electron chi connectivity index (χ3n) is 3.74. The van der Waals surface area contributed by atoms with E-state index in [0.29, 0.717) is 31.2 Å². The van der Waals surface area contributed by atoms with Gasteiger partial charge in [-0.05, 0) is 42.3 Å². The molecule has 2 N–H and O–H groups in total. The average molecular weight is 355 g/mol. The molecule has 0 unspecified atom stereocenters. The number of rotatable bonds is 7. The molecule has 138 valence electrons. The number of hydrogen-bond donors (Lipinski definition) is 2. The molecule has 0 spiro atoms. The first-order chi connectivity index (χ1) is 12.7. The Morgan fingerprint density at radius 3 is 2.35 bits per heavy atom. The highest BCUT2D eigenvalue weighted by Gasteiger charge is 2.06. The van der Waals surface area contributed by atoms with Gasteiger partial charge in [-0.15, -0.1) is 0 Å². The lowest BCUT2D eigenvalue weighted by molar-refractivity contribution is 0.0526. The Bertz CT molecular complexity index is 742. The molecule has 6 nitrogen and oxygen atoms in total. The van der Waals surface area contributed by atoms with Gasteiger partial charge >= 0.3 is 5.97 Å². The van der Waals surface area contributed by atoms with Gasteiger partial charge in [0.25, 0.3) is 0 Å². The minimum Gasteiger partial charge on any atom is -0.497 e. The van der Waals surface area contributed by atoms with Crippen LogP contribution in [0.2, 0.25) is 0 Å². The predicted octanol–water partition coefficient (Wildman–Crippen LogP) is 2.74. The van der Waals surface area contributed by atoms with Crippen molar-refractivity contribution in [2.24, 2.45) is 4.99 Å². The number of esters is 1. The van der Waals surface area contributed by atoms with E-state index in [0.717, 1.165) is 16.9 Å². The number of methoxy groups -OCH3 is 1. The molecule has 6 heteroatoms. The maximum Gasteiger partial charge on any atom is 0.338 e. The SMILES string of the molecule is CCOC(=O)c1ccc(CNC(=NC)NCc2cccc(OC)c2)cc1. The maximum atomic E-state index is 11.7. The molecule has 26 heavy (non-hydrogen) atoms. The molecule has 0 bridgehead atoms. The van der Waals surface area contributed by atoms with Crippen LogP contribution in [0.1, 0.15) is 28.4 Å². The number of hydrogen-bond acceptors (Lipinski definition) is 4. The summed E-state index contributed by atoms with van der Waals surface area (Å²) >= 11 is 0. The molecule has 0 aromatic heterocycles. The van der Waals surface area contributed by atoms with Gasteiger partial charge in [-0.25, -0.2) is 4.79 Å². The fraction of sp³-hybridized carbons (Fsp3) is 0.300. The van der Waals surface area contributed by atoms with Crippen molar-refractivity contribution in [3.63, 3.8) is 0 Å². The summed E-state index contributed by atoms with van der Waals surface area (Å²) in [5.41, 5.74) is 2.70. The van der Waals surface area contributed by atoms with Gasteiger partial charge in [0.2, 0.25) is 0 Å². The number of nitrogens with one attached hydrogen (secondary N) is 2. The fourth-order valence-electron chi connectivity index (χ4n) is 2.35. The van der Waals surface area contributed by atoms with Gasteiger partial charge in [0.15, 0.2) is 5.96 Å². The third kappa shape index (κ3) is 5.81. The number of aliphatic imine (C=N–C) groups is 1. The van der Waals surface area contributed by atoms with Crippen LogP contribution in [0, 0.1) is 0 Å². The largest absolute Gasteiger partial charge is 0.497 e. The maximum absolute atomic E-state index is 11.7. The molecule has 0 heterocycles. The summed E-state index contributed by atoms with van der Waals surface area (Å²) in [5, 5.41) is 6.51. The van der Waals surface area contributed by atoms with E-state index in [1.54, 1.807) is 33.2 Å². The van der Waals surface area contributed by atoms with Gasteiger partial charge < -0.3 is 20.1 Å². The lowest BCUT2D eigenvalue weighted by atomic mass is 10.1. The van der Waals surface area contributed by atoms with Crippen molar-refractivity contribution >= 4 is 11.9 Å². The molecule has 0 atom stereocenters. The van der Waals surface area contributed by atoms with Gasteiger partial charge in [-0.3, -0.25) is 4.99 Å². The zero-order valence-electron chi connectivity index (χ0n) is 15.4. The molecule has 0 radical (unpaired) electrons. The Labute approximate surface area is 154 Å². The molecule has 0 amide bonds. The van der Waals surface area contributed by atoms with Gasteiger partial charge in [-0.1, -0.05) is 24.3 Å². The Morgan fingerprint density at radius 1 is 1.04 bits per heavy atom. The van der Waals surface area contributed by atoms with E-state index in [2.05, 4.69) is 15.6 Å². The molecule has 0 fully saturated rings. The van der Waals surface area contributed by atoms with E-state index in [4.69, 9.17) is 9.47 Å². The molecule has 2 aromatic carbocycles. The summed E-state index contributed by atoms with van der Waals surface area (Å²) < 4.78 is 10.2. The van der Waals surface area contributed by atoms with Crippen molar-refractivity contribution in [2.45, 2.75) is 20.0 Å². The Balaban J connectivity index is 1.85. The molecular formula is C20H25N3O3. The number of benzene rings is 2. The third-order valence-corrected chi connectivity index (χ3v) is 3.74. The summed E-state index contributed by atoms with van der Waals surface area (Å²) in [5.74, 6) is 1.22. The van der Waals surface area contributed by atoms with Gasteiger partial charge in [-0.2, -0.15) is 0 Å². The zero-order chi connectivity index (χ0) is 18.8. The smallest absolute Gasteiger partial charge is 0.338 e. The van der Waals surface area contributed by atoms with Crippen LogP contribution >= 0.6 is 0 Å². The molecule has 0 aliphatic heterocycles. The first kappa shape index (κ1) is 19.3. The zero-order valence-corrected chi connectivity index (χ0v) is 15.4. The second kappa shape index (κ2) is 10.1. The minimum atomic E-state index is -0.303. The van der Waals surface area contributed by atoms with E-state index in [-0.39, 0.29) is 5.97 Å². The Hall–Kier alpha value is -3.02. The fourth-order valence-corrected chi connectivity index (χ4v) is 2.35. The van der Waals surface area contributed by atoms with Crippen LogP contribution in [-0.4, -0.2) is 32.7 Å². The standard InChI is InChI=1S/C20H25N3O3/c1-4-26-19(24)17-10-8-15(9-11-17)13-22-20(21-2)23-14-16-6-5-7-18(12-16)25-3/h5-12H,4,13-14H2,1-3H3,(H2,21,22,23). The van der Waals surface area contributed by atoms with Crippen LogP contribution in [0.4, 0.5) is 0 Å². The van der Waals surface area contributed by atoms with Gasteiger partial charge in [0.1, 0.15) is 5.75 Å². The minimum absolute atomic E-state index is 0.303. The lowest BCUT2D eigenvalue weighted by Crippen LogP contribution is -2.36. The summed E-state index contributed by atoms with van der Waals surface area (Å²) in [6.07, 6.45) is 0. The van der Waals surface area contributed by atoms with Crippen LogP contribution in [-0.2, 0) is 17.8 Å². The monoisotopic (exact) mass is 355 g/mol. The van der Waals surface area contributed by atoms with E-state index in [9.17, 15) is 4.79 Å². The van der Waals surface area contributed by atoms with Crippen molar-refractivity contribution in [3.05, 3.63) is 65.2 Å². The summed E-state index contributed by atoms with van der Waals surface area (Å²) in [4.78, 5) is 15.9. The molecule has 2 aromatic rings. The molecular weight excluding hydrogens is 330 g/mol. The van der Waals surface area contributed by atoms with E-state index in [1.807, 2.05) is 36.4 Å². The average Bonchev–Trinajstić information content (AvgIpc) is 2.69. The van der Waals surface area contributed by atoms with Gasteiger partial charge in [0.05, 0.1) is 19.3 Å². The summed E-state index contributed by atoms with van der Waals surface area (Å²) in [6.45, 7) is 3.40. The Morgan fingerprint density at radius 2 is 1.73 bits per heavy atom. The van der Waals surface area contributed by atoms with E-state index >= 15 is 0 Å². The Kier molecular flexibility index (Phi) is 7.49. The van der Waals surface area contributed by atoms with Crippen LogP contribution in [0.5, 0.6) is 5.75 Å². The second-order valence-corrected chi connectivity index (χ2v) is 5.55. The number of carbonyl (C=O) groups is 1. The van der Waals surface area contributed by atoms with Crippen LogP contribution in [0.3, 0.4) is 0 Å². The van der Waals surface area contributed by atoms with Crippen molar-refractivity contribution in [1.82, 2.24) is 10.6 Å². The first-order valence-electron chi connectivity index (χ1n) is 8.49.